The first-order valence-corrected chi connectivity index (χ1v) is 10.9. The molecule has 2 N–H and O–H groups in total. The van der Waals surface area contributed by atoms with Crippen molar-refractivity contribution in [2.75, 3.05) is 20.3 Å². The quantitative estimate of drug-likeness (QED) is 0.244. The molecule has 2 aromatic carbocycles. The minimum atomic E-state index is -1.17. The van der Waals surface area contributed by atoms with Gasteiger partial charge < -0.3 is 19.3 Å². The van der Waals surface area contributed by atoms with E-state index in [-0.39, 0.29) is 23.3 Å². The van der Waals surface area contributed by atoms with E-state index in [1.54, 1.807) is 49.4 Å². The molecule has 0 bridgehead atoms. The van der Waals surface area contributed by atoms with Crippen LogP contribution >= 0.6 is 23.4 Å². The SMILES string of the molecule is CCOC(=O)COc1ccccc1/C=C(\Sc1n[nH]c(-c2cc(Cl)ccc2OC)n1)C(=O)O. The molecule has 0 spiro atoms. The number of thioether (sulfide) groups is 1. The van der Waals surface area contributed by atoms with Crippen LogP contribution in [0.25, 0.3) is 17.5 Å². The lowest BCUT2D eigenvalue weighted by Crippen LogP contribution is -2.14. The van der Waals surface area contributed by atoms with E-state index in [1.165, 1.54) is 13.2 Å². The first-order chi connectivity index (χ1) is 15.9. The van der Waals surface area contributed by atoms with Crippen LogP contribution in [0, 0.1) is 0 Å². The van der Waals surface area contributed by atoms with Crippen LogP contribution in [0.5, 0.6) is 11.5 Å². The number of nitrogens with one attached hydrogen (secondary N) is 1. The van der Waals surface area contributed by atoms with Crippen molar-refractivity contribution in [2.24, 2.45) is 0 Å². The van der Waals surface area contributed by atoms with Gasteiger partial charge in [-0.1, -0.05) is 29.8 Å². The minimum Gasteiger partial charge on any atom is -0.496 e. The Bertz CT molecular complexity index is 1180. The highest BCUT2D eigenvalue weighted by molar-refractivity contribution is 8.04. The third kappa shape index (κ3) is 6.50. The zero-order chi connectivity index (χ0) is 23.8. The van der Waals surface area contributed by atoms with Crippen molar-refractivity contribution < 1.29 is 28.9 Å². The molecule has 1 heterocycles. The zero-order valence-electron chi connectivity index (χ0n) is 17.7. The van der Waals surface area contributed by atoms with Crippen molar-refractivity contribution in [3.8, 4) is 22.9 Å². The average molecular weight is 490 g/mol. The Morgan fingerprint density at radius 2 is 2.00 bits per heavy atom. The molecule has 0 aliphatic carbocycles. The average Bonchev–Trinajstić information content (AvgIpc) is 3.26. The number of methoxy groups -OCH3 is 1. The molecular formula is C22H20ClN3O6S. The molecule has 9 nitrogen and oxygen atoms in total. The number of para-hydroxylation sites is 1. The molecule has 172 valence electrons. The number of nitrogens with zero attached hydrogens (tertiary/aromatic N) is 2. The molecule has 0 amide bonds. The number of aromatic amines is 1. The molecule has 11 heteroatoms. The van der Waals surface area contributed by atoms with Gasteiger partial charge in [0.2, 0.25) is 5.16 Å². The van der Waals surface area contributed by atoms with Gasteiger partial charge in [0.15, 0.2) is 12.4 Å². The molecule has 0 atom stereocenters. The lowest BCUT2D eigenvalue weighted by Gasteiger charge is -2.09. The second-order valence-corrected chi connectivity index (χ2v) is 7.80. The van der Waals surface area contributed by atoms with Crippen molar-refractivity contribution in [1.82, 2.24) is 15.2 Å². The molecule has 0 saturated heterocycles. The molecule has 33 heavy (non-hydrogen) atoms. The van der Waals surface area contributed by atoms with Crippen LogP contribution in [0.15, 0.2) is 52.5 Å². The van der Waals surface area contributed by atoms with E-state index >= 15 is 0 Å². The summed E-state index contributed by atoms with van der Waals surface area (Å²) in [4.78, 5) is 27.8. The number of H-pyrrole nitrogens is 1. The Kier molecular flexibility index (Phi) is 8.34. The predicted molar refractivity (Wildman–Crippen MR) is 123 cm³/mol. The third-order valence-electron chi connectivity index (χ3n) is 4.15. The fourth-order valence-electron chi connectivity index (χ4n) is 2.72. The minimum absolute atomic E-state index is 0.0502. The van der Waals surface area contributed by atoms with Gasteiger partial charge in [-0.2, -0.15) is 0 Å². The van der Waals surface area contributed by atoms with Gasteiger partial charge in [-0.15, -0.1) is 5.10 Å². The van der Waals surface area contributed by atoms with Crippen molar-refractivity contribution in [2.45, 2.75) is 12.1 Å². The van der Waals surface area contributed by atoms with Gasteiger partial charge in [-0.25, -0.2) is 14.6 Å². The molecule has 3 aromatic rings. The maximum absolute atomic E-state index is 11.9. The smallest absolute Gasteiger partial charge is 0.344 e. The molecule has 0 fully saturated rings. The summed E-state index contributed by atoms with van der Waals surface area (Å²) in [6.07, 6.45) is 1.42. The number of rotatable bonds is 10. The number of ether oxygens (including phenoxy) is 3. The number of esters is 1. The number of aromatic nitrogens is 3. The van der Waals surface area contributed by atoms with Gasteiger partial charge >= 0.3 is 11.9 Å². The van der Waals surface area contributed by atoms with Crippen LogP contribution in [-0.2, 0) is 14.3 Å². The number of carboxylic acid groups (broad SMARTS) is 1. The Labute approximate surface area is 198 Å². The van der Waals surface area contributed by atoms with E-state index in [0.717, 1.165) is 11.8 Å². The van der Waals surface area contributed by atoms with Crippen molar-refractivity contribution in [3.05, 3.63) is 58.0 Å². The van der Waals surface area contributed by atoms with Crippen LogP contribution in [0.2, 0.25) is 5.02 Å². The normalized spacial score (nSPS) is 11.2. The van der Waals surface area contributed by atoms with Crippen molar-refractivity contribution >= 4 is 41.4 Å². The van der Waals surface area contributed by atoms with Crippen LogP contribution in [0.3, 0.4) is 0 Å². The van der Waals surface area contributed by atoms with E-state index < -0.39 is 11.9 Å². The van der Waals surface area contributed by atoms with Gasteiger partial charge in [0.1, 0.15) is 16.4 Å². The number of aliphatic carboxylic acids is 1. The third-order valence-corrected chi connectivity index (χ3v) is 5.26. The van der Waals surface area contributed by atoms with E-state index in [4.69, 9.17) is 25.8 Å². The van der Waals surface area contributed by atoms with Gasteiger partial charge in [0, 0.05) is 10.6 Å². The monoisotopic (exact) mass is 489 g/mol. The van der Waals surface area contributed by atoms with E-state index in [1.807, 2.05) is 0 Å². The lowest BCUT2D eigenvalue weighted by atomic mass is 10.2. The second kappa shape index (κ2) is 11.4. The summed E-state index contributed by atoms with van der Waals surface area (Å²) in [5.41, 5.74) is 1.06. The number of hydrogen-bond donors (Lipinski definition) is 2. The largest absolute Gasteiger partial charge is 0.496 e. The number of hydrogen-bond acceptors (Lipinski definition) is 8. The molecule has 0 unspecified atom stereocenters. The molecule has 3 rings (SSSR count). The first-order valence-electron chi connectivity index (χ1n) is 9.67. The molecule has 0 aliphatic rings. The van der Waals surface area contributed by atoms with Gasteiger partial charge in [0.05, 0.1) is 19.3 Å². The molecule has 1 aromatic heterocycles. The van der Waals surface area contributed by atoms with Crippen LogP contribution in [-0.4, -0.2) is 52.6 Å². The first kappa shape index (κ1) is 24.1. The highest BCUT2D eigenvalue weighted by Crippen LogP contribution is 2.33. The summed E-state index contributed by atoms with van der Waals surface area (Å²) >= 11 is 6.93. The fraction of sp³-hybridized carbons (Fsp3) is 0.182. The Balaban J connectivity index is 1.84. The summed E-state index contributed by atoms with van der Waals surface area (Å²) < 4.78 is 15.7. The highest BCUT2D eigenvalue weighted by atomic mass is 35.5. The zero-order valence-corrected chi connectivity index (χ0v) is 19.3. The van der Waals surface area contributed by atoms with Crippen LogP contribution in [0.4, 0.5) is 0 Å². The Morgan fingerprint density at radius 3 is 2.73 bits per heavy atom. The fourth-order valence-corrected chi connectivity index (χ4v) is 3.59. The summed E-state index contributed by atoms with van der Waals surface area (Å²) in [6.45, 7) is 1.64. The topological polar surface area (TPSA) is 124 Å². The van der Waals surface area contributed by atoms with Gasteiger partial charge in [-0.05, 0) is 49.0 Å². The Hall–Kier alpha value is -3.50. The number of carboxylic acids is 1. The highest BCUT2D eigenvalue weighted by Gasteiger charge is 2.17. The molecule has 0 saturated carbocycles. The van der Waals surface area contributed by atoms with Gasteiger partial charge in [0.25, 0.3) is 0 Å². The number of benzene rings is 2. The molecule has 0 aliphatic heterocycles. The summed E-state index contributed by atoms with van der Waals surface area (Å²) in [6, 6.07) is 11.8. The second-order valence-electron chi connectivity index (χ2n) is 6.36. The van der Waals surface area contributed by atoms with Crippen molar-refractivity contribution in [3.63, 3.8) is 0 Å². The Morgan fingerprint density at radius 1 is 1.21 bits per heavy atom. The molecular weight excluding hydrogens is 470 g/mol. The maximum Gasteiger partial charge on any atom is 0.344 e. The van der Waals surface area contributed by atoms with Crippen LogP contribution < -0.4 is 9.47 Å². The number of carbonyl (C=O) groups excluding carboxylic acids is 1. The summed E-state index contributed by atoms with van der Waals surface area (Å²) in [5.74, 6) is -0.446. The van der Waals surface area contributed by atoms with Crippen LogP contribution in [0.1, 0.15) is 12.5 Å². The standard InChI is InChI=1S/C22H20ClN3O6S/c1-3-31-19(27)12-32-16-7-5-4-6-13(16)10-18(21(28)29)33-22-24-20(25-26-22)15-11-14(23)8-9-17(15)30-2/h4-11H,3,12H2,1-2H3,(H,28,29)(H,24,25,26)/b18-10-. The van der Waals surface area contributed by atoms with E-state index in [9.17, 15) is 14.7 Å². The number of carbonyl (C=O) groups is 2. The summed E-state index contributed by atoms with van der Waals surface area (Å²) in [5, 5.41) is 17.3. The number of halogens is 1. The lowest BCUT2D eigenvalue weighted by molar-refractivity contribution is -0.145. The van der Waals surface area contributed by atoms with E-state index in [0.29, 0.717) is 33.5 Å². The predicted octanol–water partition coefficient (Wildman–Crippen LogP) is 4.29. The molecule has 0 radical (unpaired) electrons. The van der Waals surface area contributed by atoms with Gasteiger partial charge in [-0.3, -0.25) is 5.10 Å². The summed E-state index contributed by atoms with van der Waals surface area (Å²) in [7, 11) is 1.52. The maximum atomic E-state index is 11.9. The van der Waals surface area contributed by atoms with E-state index in [2.05, 4.69) is 15.2 Å². The van der Waals surface area contributed by atoms with Crippen molar-refractivity contribution in [1.29, 1.82) is 0 Å².